The minimum Gasteiger partial charge on any atom is -0.499 e. The standard InChI is InChI=1S/C20H34O7/c1-6-23-16(3)8-10-20(5)25-14-18(27-20)12-22-11-17-13-24-19(4,26-17)9-7-15(2)21/h17-18H,3,6-14H2,1-2,4-5H3. The molecule has 2 aliphatic heterocycles. The third-order valence-electron chi connectivity index (χ3n) is 4.73. The fourth-order valence-electron chi connectivity index (χ4n) is 3.18. The zero-order valence-electron chi connectivity index (χ0n) is 17.1. The average Bonchev–Trinajstić information content (AvgIpc) is 3.16. The van der Waals surface area contributed by atoms with Crippen LogP contribution in [0.25, 0.3) is 0 Å². The van der Waals surface area contributed by atoms with Gasteiger partial charge < -0.3 is 33.2 Å². The van der Waals surface area contributed by atoms with E-state index in [1.54, 1.807) is 6.92 Å². The van der Waals surface area contributed by atoms with E-state index >= 15 is 0 Å². The van der Waals surface area contributed by atoms with Crippen LogP contribution in [0.3, 0.4) is 0 Å². The van der Waals surface area contributed by atoms with E-state index in [1.165, 1.54) is 0 Å². The Morgan fingerprint density at radius 2 is 1.56 bits per heavy atom. The Labute approximate surface area is 162 Å². The minimum absolute atomic E-state index is 0.109. The summed E-state index contributed by atoms with van der Waals surface area (Å²) in [7, 11) is 0. The van der Waals surface area contributed by atoms with Crippen molar-refractivity contribution in [1.29, 1.82) is 0 Å². The summed E-state index contributed by atoms with van der Waals surface area (Å²) in [5.41, 5.74) is 0. The molecule has 156 valence electrons. The molecule has 27 heavy (non-hydrogen) atoms. The molecule has 2 heterocycles. The second-order valence-corrected chi connectivity index (χ2v) is 7.58. The van der Waals surface area contributed by atoms with E-state index in [-0.39, 0.29) is 18.0 Å². The molecule has 0 radical (unpaired) electrons. The van der Waals surface area contributed by atoms with Crippen LogP contribution in [0.15, 0.2) is 12.3 Å². The van der Waals surface area contributed by atoms with Crippen LogP contribution in [0, 0.1) is 0 Å². The molecule has 2 fully saturated rings. The Morgan fingerprint density at radius 1 is 1.04 bits per heavy atom. The molecule has 0 N–H and O–H groups in total. The molecule has 0 amide bonds. The van der Waals surface area contributed by atoms with Gasteiger partial charge in [0.15, 0.2) is 11.6 Å². The molecule has 4 atom stereocenters. The third kappa shape index (κ3) is 7.50. The van der Waals surface area contributed by atoms with Gasteiger partial charge >= 0.3 is 0 Å². The van der Waals surface area contributed by atoms with E-state index in [4.69, 9.17) is 28.4 Å². The number of carbonyl (C=O) groups is 1. The minimum atomic E-state index is -0.700. The van der Waals surface area contributed by atoms with Crippen LogP contribution in [0.2, 0.25) is 0 Å². The molecular formula is C20H34O7. The van der Waals surface area contributed by atoms with Crippen molar-refractivity contribution in [3.8, 4) is 0 Å². The number of ketones is 1. The maximum atomic E-state index is 11.1. The number of hydrogen-bond donors (Lipinski definition) is 0. The Kier molecular flexibility index (Phi) is 8.24. The molecule has 2 rings (SSSR count). The highest BCUT2D eigenvalue weighted by Crippen LogP contribution is 2.30. The summed E-state index contributed by atoms with van der Waals surface area (Å²) in [5, 5.41) is 0. The van der Waals surface area contributed by atoms with Gasteiger partial charge in [-0.15, -0.1) is 0 Å². The monoisotopic (exact) mass is 386 g/mol. The molecular weight excluding hydrogens is 352 g/mol. The summed E-state index contributed by atoms with van der Waals surface area (Å²) >= 11 is 0. The highest BCUT2D eigenvalue weighted by molar-refractivity contribution is 5.75. The molecule has 0 aromatic carbocycles. The number of Topliss-reactive ketones (excluding diaryl/α,β-unsaturated/α-hetero) is 1. The van der Waals surface area contributed by atoms with Crippen LogP contribution < -0.4 is 0 Å². The van der Waals surface area contributed by atoms with Gasteiger partial charge in [0.2, 0.25) is 0 Å². The SMILES string of the molecule is C=C(CCC1(C)OCC(COCC2COC(C)(CCC(C)=O)O2)O1)OCC. The van der Waals surface area contributed by atoms with E-state index in [0.29, 0.717) is 58.7 Å². The van der Waals surface area contributed by atoms with Crippen molar-refractivity contribution in [2.75, 3.05) is 33.0 Å². The summed E-state index contributed by atoms with van der Waals surface area (Å²) in [6.45, 7) is 13.6. The fourth-order valence-corrected chi connectivity index (χ4v) is 3.18. The fraction of sp³-hybridized carbons (Fsp3) is 0.850. The summed E-state index contributed by atoms with van der Waals surface area (Å²) in [5.74, 6) is -0.452. The molecule has 4 unspecified atom stereocenters. The number of rotatable bonds is 12. The smallest absolute Gasteiger partial charge is 0.166 e. The van der Waals surface area contributed by atoms with Crippen molar-refractivity contribution in [2.24, 2.45) is 0 Å². The Balaban J connectivity index is 1.62. The molecule has 2 saturated heterocycles. The van der Waals surface area contributed by atoms with Crippen molar-refractivity contribution >= 4 is 5.78 Å². The van der Waals surface area contributed by atoms with Crippen LogP contribution in [0.5, 0.6) is 0 Å². The summed E-state index contributed by atoms with van der Waals surface area (Å²) in [4.78, 5) is 11.1. The van der Waals surface area contributed by atoms with Crippen LogP contribution in [-0.2, 0) is 33.2 Å². The summed E-state index contributed by atoms with van der Waals surface area (Å²) in [6.07, 6.45) is 2.16. The van der Waals surface area contributed by atoms with Crippen molar-refractivity contribution in [3.63, 3.8) is 0 Å². The zero-order chi connectivity index (χ0) is 19.9. The molecule has 7 heteroatoms. The van der Waals surface area contributed by atoms with Gasteiger partial charge in [0.1, 0.15) is 18.0 Å². The van der Waals surface area contributed by atoms with Crippen molar-refractivity contribution in [3.05, 3.63) is 12.3 Å². The lowest BCUT2D eigenvalue weighted by atomic mass is 10.1. The first kappa shape index (κ1) is 22.3. The van der Waals surface area contributed by atoms with E-state index in [1.807, 2.05) is 20.8 Å². The molecule has 0 bridgehead atoms. The van der Waals surface area contributed by atoms with E-state index in [9.17, 15) is 4.79 Å². The Bertz CT molecular complexity index is 509. The lowest BCUT2D eigenvalue weighted by molar-refractivity contribution is -0.173. The summed E-state index contributed by atoms with van der Waals surface area (Å²) < 4.78 is 34.5. The second kappa shape index (κ2) is 9.98. The first-order chi connectivity index (χ1) is 12.7. The van der Waals surface area contributed by atoms with E-state index < -0.39 is 11.6 Å². The zero-order valence-corrected chi connectivity index (χ0v) is 17.1. The highest BCUT2D eigenvalue weighted by atomic mass is 16.8. The quantitative estimate of drug-likeness (QED) is 0.478. The van der Waals surface area contributed by atoms with Gasteiger partial charge in [-0.1, -0.05) is 6.58 Å². The van der Waals surface area contributed by atoms with Crippen LogP contribution in [0.4, 0.5) is 0 Å². The van der Waals surface area contributed by atoms with Crippen molar-refractivity contribution in [1.82, 2.24) is 0 Å². The van der Waals surface area contributed by atoms with E-state index in [0.717, 1.165) is 5.76 Å². The van der Waals surface area contributed by atoms with Crippen molar-refractivity contribution in [2.45, 2.75) is 77.2 Å². The molecule has 0 saturated carbocycles. The second-order valence-electron chi connectivity index (χ2n) is 7.58. The first-order valence-electron chi connectivity index (χ1n) is 9.75. The topological polar surface area (TPSA) is 72.5 Å². The van der Waals surface area contributed by atoms with Gasteiger partial charge in [-0.2, -0.15) is 0 Å². The largest absolute Gasteiger partial charge is 0.499 e. The normalized spacial score (nSPS) is 33.3. The molecule has 0 spiro atoms. The van der Waals surface area contributed by atoms with Gasteiger partial charge in [-0.05, 0) is 27.7 Å². The van der Waals surface area contributed by atoms with Crippen LogP contribution in [0.1, 0.15) is 53.4 Å². The third-order valence-corrected chi connectivity index (χ3v) is 4.73. The van der Waals surface area contributed by atoms with Gasteiger partial charge in [0, 0.05) is 25.7 Å². The molecule has 2 aliphatic rings. The van der Waals surface area contributed by atoms with Gasteiger partial charge in [0.25, 0.3) is 0 Å². The van der Waals surface area contributed by atoms with Crippen LogP contribution >= 0.6 is 0 Å². The van der Waals surface area contributed by atoms with E-state index in [2.05, 4.69) is 6.58 Å². The lowest BCUT2D eigenvalue weighted by Crippen LogP contribution is -2.30. The highest BCUT2D eigenvalue weighted by Gasteiger charge is 2.39. The predicted molar refractivity (Wildman–Crippen MR) is 99.2 cm³/mol. The predicted octanol–water partition coefficient (Wildman–Crippen LogP) is 2.97. The molecule has 7 nitrogen and oxygen atoms in total. The molecule has 0 aliphatic carbocycles. The Morgan fingerprint density at radius 3 is 2.04 bits per heavy atom. The molecule has 0 aromatic rings. The van der Waals surface area contributed by atoms with Crippen LogP contribution in [-0.4, -0.2) is 62.6 Å². The molecule has 0 aromatic heterocycles. The maximum Gasteiger partial charge on any atom is 0.166 e. The summed E-state index contributed by atoms with van der Waals surface area (Å²) in [6, 6.07) is 0. The number of allylic oxidation sites excluding steroid dienone is 1. The van der Waals surface area contributed by atoms with Crippen molar-refractivity contribution < 1.29 is 33.2 Å². The Hall–Kier alpha value is -0.990. The number of hydrogen-bond acceptors (Lipinski definition) is 7. The van der Waals surface area contributed by atoms with Gasteiger partial charge in [-0.25, -0.2) is 0 Å². The van der Waals surface area contributed by atoms with Gasteiger partial charge in [0.05, 0.1) is 38.8 Å². The maximum absolute atomic E-state index is 11.1. The average molecular weight is 386 g/mol. The number of ether oxygens (including phenoxy) is 6. The number of carbonyl (C=O) groups excluding carboxylic acids is 1. The first-order valence-corrected chi connectivity index (χ1v) is 9.75. The van der Waals surface area contributed by atoms with Gasteiger partial charge in [-0.3, -0.25) is 0 Å². The lowest BCUT2D eigenvalue weighted by Gasteiger charge is -2.24.